The maximum absolute atomic E-state index is 7.27. The number of rotatable bonds is 3. The molecule has 3 rings (SSSR count). The SMILES string of the molecule is N=C(N)C=Cn1cc(-c2nccs2)c2ccccc21. The van der Waals surface area contributed by atoms with Crippen molar-refractivity contribution in [3.63, 3.8) is 0 Å². The van der Waals surface area contributed by atoms with Gasteiger partial charge in [-0.15, -0.1) is 11.3 Å². The predicted octanol–water partition coefficient (Wildman–Crippen LogP) is 3.17. The Bertz CT molecular complexity index is 753. The van der Waals surface area contributed by atoms with Gasteiger partial charge < -0.3 is 10.3 Å². The summed E-state index contributed by atoms with van der Waals surface area (Å²) >= 11 is 1.61. The number of nitrogens with two attached hydrogens (primary N) is 1. The lowest BCUT2D eigenvalue weighted by molar-refractivity contribution is 1.23. The topological polar surface area (TPSA) is 67.7 Å². The summed E-state index contributed by atoms with van der Waals surface area (Å²) in [6, 6.07) is 8.12. The quantitative estimate of drug-likeness (QED) is 0.566. The lowest BCUT2D eigenvalue weighted by Crippen LogP contribution is -2.04. The molecular weight excluding hydrogens is 256 g/mol. The Morgan fingerprint density at radius 3 is 2.95 bits per heavy atom. The van der Waals surface area contributed by atoms with Crippen LogP contribution in [0.4, 0.5) is 0 Å². The van der Waals surface area contributed by atoms with E-state index in [-0.39, 0.29) is 5.84 Å². The van der Waals surface area contributed by atoms with E-state index in [1.54, 1.807) is 29.8 Å². The standard InChI is InChI=1S/C14H12N4S/c15-13(16)5-7-18-9-11(14-17-6-8-19-14)10-3-1-2-4-12(10)18/h1-9H,(H3,15,16). The van der Waals surface area contributed by atoms with Gasteiger partial charge >= 0.3 is 0 Å². The average molecular weight is 268 g/mol. The van der Waals surface area contributed by atoms with E-state index in [1.807, 2.05) is 34.3 Å². The van der Waals surface area contributed by atoms with Gasteiger partial charge in [-0.25, -0.2) is 4.98 Å². The molecular formula is C14H12N4S. The highest BCUT2D eigenvalue weighted by Crippen LogP contribution is 2.31. The van der Waals surface area contributed by atoms with E-state index in [0.717, 1.165) is 21.5 Å². The van der Waals surface area contributed by atoms with E-state index in [2.05, 4.69) is 11.1 Å². The molecule has 1 aromatic carbocycles. The number of para-hydroxylation sites is 1. The van der Waals surface area contributed by atoms with Crippen molar-refractivity contribution in [3.8, 4) is 10.6 Å². The van der Waals surface area contributed by atoms with Crippen LogP contribution >= 0.6 is 11.3 Å². The zero-order valence-electron chi connectivity index (χ0n) is 10.1. The number of aromatic nitrogens is 2. The molecule has 0 spiro atoms. The van der Waals surface area contributed by atoms with Crippen molar-refractivity contribution in [1.29, 1.82) is 5.41 Å². The minimum absolute atomic E-state index is 0.0357. The van der Waals surface area contributed by atoms with Crippen molar-refractivity contribution >= 4 is 34.3 Å². The van der Waals surface area contributed by atoms with Gasteiger partial charge in [-0.05, 0) is 12.1 Å². The van der Waals surface area contributed by atoms with Gasteiger partial charge in [0.1, 0.15) is 10.8 Å². The Kier molecular flexibility index (Phi) is 2.89. The van der Waals surface area contributed by atoms with E-state index >= 15 is 0 Å². The summed E-state index contributed by atoms with van der Waals surface area (Å²) in [6.45, 7) is 0. The third-order valence-electron chi connectivity index (χ3n) is 2.82. The number of nitrogens with one attached hydrogen (secondary N) is 1. The summed E-state index contributed by atoms with van der Waals surface area (Å²) < 4.78 is 1.97. The molecule has 0 atom stereocenters. The summed E-state index contributed by atoms with van der Waals surface area (Å²) in [5.41, 5.74) is 7.53. The molecule has 2 heterocycles. The third kappa shape index (κ3) is 2.15. The van der Waals surface area contributed by atoms with Crippen molar-refractivity contribution in [2.75, 3.05) is 0 Å². The number of nitrogens with zero attached hydrogens (tertiary/aromatic N) is 2. The van der Waals surface area contributed by atoms with E-state index in [4.69, 9.17) is 11.1 Å². The van der Waals surface area contributed by atoms with Gasteiger partial charge in [-0.2, -0.15) is 0 Å². The maximum atomic E-state index is 7.27. The van der Waals surface area contributed by atoms with Gasteiger partial charge in [0.05, 0.1) is 5.52 Å². The van der Waals surface area contributed by atoms with E-state index < -0.39 is 0 Å². The Morgan fingerprint density at radius 1 is 1.37 bits per heavy atom. The first-order valence-corrected chi connectivity index (χ1v) is 6.65. The summed E-state index contributed by atoms with van der Waals surface area (Å²) in [6.07, 6.45) is 7.18. The van der Waals surface area contributed by atoms with Crippen LogP contribution < -0.4 is 5.73 Å². The van der Waals surface area contributed by atoms with Crippen LogP contribution in [-0.4, -0.2) is 15.4 Å². The van der Waals surface area contributed by atoms with Crippen molar-refractivity contribution in [2.45, 2.75) is 0 Å². The van der Waals surface area contributed by atoms with Crippen LogP contribution in [0.25, 0.3) is 27.7 Å². The molecule has 0 aliphatic carbocycles. The molecule has 0 aliphatic heterocycles. The largest absolute Gasteiger partial charge is 0.384 e. The number of thiazole rings is 1. The Labute approximate surface area is 114 Å². The van der Waals surface area contributed by atoms with Gasteiger partial charge in [-0.1, -0.05) is 18.2 Å². The van der Waals surface area contributed by atoms with Crippen LogP contribution in [0, 0.1) is 5.41 Å². The molecule has 0 amide bonds. The first kappa shape index (κ1) is 11.7. The molecule has 3 aromatic rings. The van der Waals surface area contributed by atoms with Crippen molar-refractivity contribution in [3.05, 3.63) is 48.1 Å². The number of amidine groups is 1. The summed E-state index contributed by atoms with van der Waals surface area (Å²) in [5.74, 6) is 0.0357. The maximum Gasteiger partial charge on any atom is 0.125 e. The second-order valence-electron chi connectivity index (χ2n) is 4.08. The molecule has 94 valence electrons. The smallest absolute Gasteiger partial charge is 0.125 e. The van der Waals surface area contributed by atoms with Gasteiger partial charge in [0, 0.05) is 34.9 Å². The first-order chi connectivity index (χ1) is 9.25. The minimum Gasteiger partial charge on any atom is -0.384 e. The van der Waals surface area contributed by atoms with E-state index in [9.17, 15) is 0 Å². The molecule has 19 heavy (non-hydrogen) atoms. The molecule has 0 saturated carbocycles. The molecule has 0 radical (unpaired) electrons. The van der Waals surface area contributed by atoms with Crippen molar-refractivity contribution in [2.24, 2.45) is 5.73 Å². The Hall–Kier alpha value is -2.40. The molecule has 3 N–H and O–H groups in total. The van der Waals surface area contributed by atoms with E-state index in [1.165, 1.54) is 0 Å². The van der Waals surface area contributed by atoms with Crippen LogP contribution in [0.1, 0.15) is 0 Å². The fourth-order valence-corrected chi connectivity index (χ4v) is 2.68. The molecule has 0 saturated heterocycles. The van der Waals surface area contributed by atoms with Gasteiger partial charge in [0.25, 0.3) is 0 Å². The Morgan fingerprint density at radius 2 is 2.21 bits per heavy atom. The molecule has 0 bridgehead atoms. The monoisotopic (exact) mass is 268 g/mol. The number of hydrogen-bond donors (Lipinski definition) is 2. The van der Waals surface area contributed by atoms with Crippen molar-refractivity contribution < 1.29 is 0 Å². The first-order valence-electron chi connectivity index (χ1n) is 5.77. The number of hydrogen-bond acceptors (Lipinski definition) is 3. The molecule has 0 fully saturated rings. The normalized spacial score (nSPS) is 11.4. The minimum atomic E-state index is 0.0357. The fraction of sp³-hybridized carbons (Fsp3) is 0. The Balaban J connectivity index is 2.22. The molecule has 0 unspecified atom stereocenters. The number of benzene rings is 1. The lowest BCUT2D eigenvalue weighted by atomic mass is 10.2. The van der Waals surface area contributed by atoms with Gasteiger partial charge in [-0.3, -0.25) is 5.41 Å². The highest BCUT2D eigenvalue weighted by Gasteiger charge is 2.10. The van der Waals surface area contributed by atoms with E-state index in [0.29, 0.717) is 0 Å². The summed E-state index contributed by atoms with van der Waals surface area (Å²) in [7, 11) is 0. The van der Waals surface area contributed by atoms with Crippen molar-refractivity contribution in [1.82, 2.24) is 9.55 Å². The summed E-state index contributed by atoms with van der Waals surface area (Å²) in [5, 5.41) is 11.4. The van der Waals surface area contributed by atoms with Crippen LogP contribution in [0.3, 0.4) is 0 Å². The summed E-state index contributed by atoms with van der Waals surface area (Å²) in [4.78, 5) is 4.36. The van der Waals surface area contributed by atoms with Crippen LogP contribution in [0.5, 0.6) is 0 Å². The molecule has 5 heteroatoms. The average Bonchev–Trinajstić information content (AvgIpc) is 3.03. The van der Waals surface area contributed by atoms with Gasteiger partial charge in [0.15, 0.2) is 0 Å². The highest BCUT2D eigenvalue weighted by molar-refractivity contribution is 7.13. The lowest BCUT2D eigenvalue weighted by Gasteiger charge is -1.96. The zero-order valence-corrected chi connectivity index (χ0v) is 10.9. The molecule has 4 nitrogen and oxygen atoms in total. The third-order valence-corrected chi connectivity index (χ3v) is 3.62. The second kappa shape index (κ2) is 4.70. The second-order valence-corrected chi connectivity index (χ2v) is 4.97. The fourth-order valence-electron chi connectivity index (χ4n) is 2.02. The van der Waals surface area contributed by atoms with Crippen LogP contribution in [0.15, 0.2) is 48.1 Å². The van der Waals surface area contributed by atoms with Crippen LogP contribution in [-0.2, 0) is 0 Å². The zero-order chi connectivity index (χ0) is 13.2. The molecule has 0 aliphatic rings. The number of fused-ring (bicyclic) bond motifs is 1. The highest BCUT2D eigenvalue weighted by atomic mass is 32.1. The van der Waals surface area contributed by atoms with Gasteiger partial charge in [0.2, 0.25) is 0 Å². The predicted molar refractivity (Wildman–Crippen MR) is 80.3 cm³/mol. The molecule has 2 aromatic heterocycles. The van der Waals surface area contributed by atoms with Crippen LogP contribution in [0.2, 0.25) is 0 Å².